The fourth-order valence-corrected chi connectivity index (χ4v) is 2.99. The Morgan fingerprint density at radius 2 is 1.96 bits per heavy atom. The Kier molecular flexibility index (Phi) is 4.15. The summed E-state index contributed by atoms with van der Waals surface area (Å²) in [6, 6.07) is 13.3. The molecule has 118 valence electrons. The topological polar surface area (TPSA) is 46.6 Å². The molecule has 0 N–H and O–H groups in total. The van der Waals surface area contributed by atoms with Gasteiger partial charge >= 0.3 is 5.97 Å². The van der Waals surface area contributed by atoms with Gasteiger partial charge in [-0.25, -0.2) is 0 Å². The Bertz CT molecular complexity index is 767. The molecule has 1 heterocycles. The number of hydrogen-bond donors (Lipinski definition) is 0. The SMILES string of the molecule is CCN1Cc2ccccc2C(=O)c2cc(CC(=O)OC)ccc21. The number of anilines is 1. The van der Waals surface area contributed by atoms with Crippen molar-refractivity contribution in [1.29, 1.82) is 0 Å². The maximum Gasteiger partial charge on any atom is 0.309 e. The van der Waals surface area contributed by atoms with Crippen molar-refractivity contribution in [2.75, 3.05) is 18.6 Å². The van der Waals surface area contributed by atoms with Gasteiger partial charge in [0.05, 0.1) is 13.5 Å². The fraction of sp³-hybridized carbons (Fsp3) is 0.263. The van der Waals surface area contributed by atoms with Gasteiger partial charge in [0.2, 0.25) is 0 Å². The van der Waals surface area contributed by atoms with Crippen molar-refractivity contribution in [3.05, 3.63) is 64.7 Å². The average Bonchev–Trinajstić information content (AvgIpc) is 2.70. The minimum atomic E-state index is -0.307. The summed E-state index contributed by atoms with van der Waals surface area (Å²) in [5.74, 6) is -0.294. The highest BCUT2D eigenvalue weighted by Crippen LogP contribution is 2.31. The molecule has 4 heteroatoms. The highest BCUT2D eigenvalue weighted by atomic mass is 16.5. The lowest BCUT2D eigenvalue weighted by molar-refractivity contribution is -0.139. The molecule has 0 spiro atoms. The van der Waals surface area contributed by atoms with Crippen LogP contribution in [0.1, 0.15) is 34.0 Å². The van der Waals surface area contributed by atoms with Gasteiger partial charge in [0.25, 0.3) is 0 Å². The number of ketones is 1. The van der Waals surface area contributed by atoms with E-state index in [0.717, 1.165) is 28.9 Å². The molecule has 0 aromatic heterocycles. The van der Waals surface area contributed by atoms with Crippen LogP contribution in [-0.2, 0) is 22.5 Å². The predicted molar refractivity (Wildman–Crippen MR) is 88.8 cm³/mol. The third-order valence-corrected chi connectivity index (χ3v) is 4.23. The largest absolute Gasteiger partial charge is 0.469 e. The van der Waals surface area contributed by atoms with E-state index in [0.29, 0.717) is 12.1 Å². The molecule has 0 amide bonds. The second-order valence-electron chi connectivity index (χ2n) is 5.60. The smallest absolute Gasteiger partial charge is 0.309 e. The van der Waals surface area contributed by atoms with Gasteiger partial charge in [-0.3, -0.25) is 9.59 Å². The molecule has 0 atom stereocenters. The summed E-state index contributed by atoms with van der Waals surface area (Å²) in [6.45, 7) is 3.59. The van der Waals surface area contributed by atoms with Gasteiger partial charge in [0.1, 0.15) is 0 Å². The van der Waals surface area contributed by atoms with Crippen LogP contribution in [0, 0.1) is 0 Å². The van der Waals surface area contributed by atoms with Crippen molar-refractivity contribution in [3.8, 4) is 0 Å². The second kappa shape index (κ2) is 6.24. The summed E-state index contributed by atoms with van der Waals surface area (Å²) in [7, 11) is 1.37. The second-order valence-corrected chi connectivity index (χ2v) is 5.60. The van der Waals surface area contributed by atoms with E-state index < -0.39 is 0 Å². The van der Waals surface area contributed by atoms with Gasteiger partial charge in [0, 0.05) is 29.9 Å². The molecule has 4 nitrogen and oxygen atoms in total. The van der Waals surface area contributed by atoms with Gasteiger partial charge in [-0.15, -0.1) is 0 Å². The summed E-state index contributed by atoms with van der Waals surface area (Å²) in [5.41, 5.74) is 4.13. The normalized spacial score (nSPS) is 13.1. The molecule has 0 saturated carbocycles. The van der Waals surface area contributed by atoms with Crippen molar-refractivity contribution in [3.63, 3.8) is 0 Å². The number of rotatable bonds is 3. The molecule has 23 heavy (non-hydrogen) atoms. The monoisotopic (exact) mass is 309 g/mol. The van der Waals surface area contributed by atoms with Crippen molar-refractivity contribution in [2.24, 2.45) is 0 Å². The van der Waals surface area contributed by atoms with Gasteiger partial charge in [-0.1, -0.05) is 30.3 Å². The Morgan fingerprint density at radius 1 is 1.17 bits per heavy atom. The van der Waals surface area contributed by atoms with Crippen molar-refractivity contribution in [1.82, 2.24) is 0 Å². The zero-order valence-electron chi connectivity index (χ0n) is 13.3. The van der Waals surface area contributed by atoms with Crippen LogP contribution >= 0.6 is 0 Å². The van der Waals surface area contributed by atoms with Crippen LogP contribution in [0.5, 0.6) is 0 Å². The molecule has 0 saturated heterocycles. The maximum absolute atomic E-state index is 13.0. The quantitative estimate of drug-likeness (QED) is 0.818. The standard InChI is InChI=1S/C19H19NO3/c1-3-20-12-14-6-4-5-7-15(14)19(22)16-10-13(8-9-17(16)20)11-18(21)23-2/h4-10H,3,11-12H2,1-2H3. The first-order valence-corrected chi connectivity index (χ1v) is 7.71. The molecule has 0 unspecified atom stereocenters. The van der Waals surface area contributed by atoms with Gasteiger partial charge < -0.3 is 9.64 Å². The summed E-state index contributed by atoms with van der Waals surface area (Å²) >= 11 is 0. The van der Waals surface area contributed by atoms with Crippen LogP contribution in [-0.4, -0.2) is 25.4 Å². The number of carbonyl (C=O) groups is 2. The minimum absolute atomic E-state index is 0.0123. The van der Waals surface area contributed by atoms with Gasteiger partial charge in [0.15, 0.2) is 5.78 Å². The summed E-state index contributed by atoms with van der Waals surface area (Å²) in [6.07, 6.45) is 0.171. The average molecular weight is 309 g/mol. The molecule has 2 aromatic rings. The van der Waals surface area contributed by atoms with E-state index in [1.54, 1.807) is 0 Å². The lowest BCUT2D eigenvalue weighted by Crippen LogP contribution is -2.22. The van der Waals surface area contributed by atoms with Crippen LogP contribution < -0.4 is 4.90 Å². The fourth-order valence-electron chi connectivity index (χ4n) is 2.99. The van der Waals surface area contributed by atoms with E-state index >= 15 is 0 Å². The molecular weight excluding hydrogens is 290 g/mol. The van der Waals surface area contributed by atoms with Crippen LogP contribution in [0.2, 0.25) is 0 Å². The Balaban J connectivity index is 2.10. The van der Waals surface area contributed by atoms with Gasteiger partial charge in [-0.05, 0) is 30.2 Å². The summed E-state index contributed by atoms with van der Waals surface area (Å²) in [5, 5.41) is 0. The highest BCUT2D eigenvalue weighted by Gasteiger charge is 2.25. The molecule has 0 radical (unpaired) electrons. The van der Waals surface area contributed by atoms with E-state index in [1.165, 1.54) is 7.11 Å². The van der Waals surface area contributed by atoms with E-state index in [2.05, 4.69) is 11.8 Å². The van der Waals surface area contributed by atoms with Crippen LogP contribution in [0.3, 0.4) is 0 Å². The Hall–Kier alpha value is -2.62. The first-order chi connectivity index (χ1) is 11.1. The number of ether oxygens (including phenoxy) is 1. The van der Waals surface area contributed by atoms with Crippen LogP contribution in [0.4, 0.5) is 5.69 Å². The molecule has 0 fully saturated rings. The molecule has 3 rings (SSSR count). The van der Waals surface area contributed by atoms with Crippen molar-refractivity contribution < 1.29 is 14.3 Å². The number of methoxy groups -OCH3 is 1. The summed E-state index contributed by atoms with van der Waals surface area (Å²) in [4.78, 5) is 26.6. The first-order valence-electron chi connectivity index (χ1n) is 7.71. The highest BCUT2D eigenvalue weighted by molar-refractivity contribution is 6.14. The number of nitrogens with zero attached hydrogens (tertiary/aromatic N) is 1. The first kappa shape index (κ1) is 15.3. The molecule has 0 bridgehead atoms. The van der Waals surface area contributed by atoms with E-state index in [4.69, 9.17) is 4.74 Å². The molecule has 2 aromatic carbocycles. The zero-order valence-corrected chi connectivity index (χ0v) is 13.3. The number of fused-ring (bicyclic) bond motifs is 2. The van der Waals surface area contributed by atoms with Crippen molar-refractivity contribution in [2.45, 2.75) is 19.9 Å². The van der Waals surface area contributed by atoms with E-state index in [1.807, 2.05) is 42.5 Å². The maximum atomic E-state index is 13.0. The third-order valence-electron chi connectivity index (χ3n) is 4.23. The number of esters is 1. The predicted octanol–water partition coefficient (Wildman–Crippen LogP) is 2.97. The minimum Gasteiger partial charge on any atom is -0.469 e. The molecular formula is C19H19NO3. The summed E-state index contributed by atoms with van der Waals surface area (Å²) < 4.78 is 4.71. The van der Waals surface area contributed by atoms with Crippen LogP contribution in [0.25, 0.3) is 0 Å². The lowest BCUT2D eigenvalue weighted by Gasteiger charge is -2.23. The number of benzene rings is 2. The molecule has 0 aliphatic carbocycles. The van der Waals surface area contributed by atoms with E-state index in [9.17, 15) is 9.59 Å². The zero-order chi connectivity index (χ0) is 16.4. The Morgan fingerprint density at radius 3 is 2.70 bits per heavy atom. The molecule has 1 aliphatic rings. The lowest BCUT2D eigenvalue weighted by atomic mass is 9.97. The van der Waals surface area contributed by atoms with E-state index in [-0.39, 0.29) is 18.2 Å². The number of carbonyl (C=O) groups excluding carboxylic acids is 2. The molecule has 1 aliphatic heterocycles. The van der Waals surface area contributed by atoms with Crippen molar-refractivity contribution >= 4 is 17.4 Å². The number of hydrogen-bond acceptors (Lipinski definition) is 4. The third kappa shape index (κ3) is 2.84. The van der Waals surface area contributed by atoms with Gasteiger partial charge in [-0.2, -0.15) is 0 Å². The Labute approximate surface area is 135 Å². The van der Waals surface area contributed by atoms with Crippen LogP contribution in [0.15, 0.2) is 42.5 Å².